The lowest BCUT2D eigenvalue weighted by Crippen LogP contribution is -2.15. The van der Waals surface area contributed by atoms with Crippen LogP contribution in [0.3, 0.4) is 0 Å². The monoisotopic (exact) mass is 485 g/mol. The number of nitrogens with zero attached hydrogens (tertiary/aromatic N) is 3. The molecule has 4 rings (SSSR count). The van der Waals surface area contributed by atoms with Crippen LogP contribution in [0, 0.1) is 0 Å². The first-order valence-electron chi connectivity index (χ1n) is 10.2. The third kappa shape index (κ3) is 4.39. The van der Waals surface area contributed by atoms with Crippen molar-refractivity contribution < 1.29 is 27.2 Å². The molecule has 11 nitrogen and oxygen atoms in total. The summed E-state index contributed by atoms with van der Waals surface area (Å²) in [6, 6.07) is 7.90. The van der Waals surface area contributed by atoms with E-state index in [4.69, 9.17) is 18.7 Å². The number of aryl methyl sites for hydroxylation is 1. The maximum Gasteiger partial charge on any atom is 0.270 e. The van der Waals surface area contributed by atoms with Crippen LogP contribution >= 0.6 is 0 Å². The summed E-state index contributed by atoms with van der Waals surface area (Å²) in [6.45, 7) is 2.02. The summed E-state index contributed by atoms with van der Waals surface area (Å²) < 4.78 is 50.2. The van der Waals surface area contributed by atoms with E-state index in [0.717, 1.165) is 12.0 Å². The Morgan fingerprint density at radius 3 is 2.21 bits per heavy atom. The molecular formula is C22H23N5O6S. The fraction of sp³-hybridized carbons (Fsp3) is 0.227. The number of hydrogen-bond acceptors (Lipinski definition) is 10. The summed E-state index contributed by atoms with van der Waals surface area (Å²) in [7, 11) is 0.0929. The molecule has 0 aliphatic heterocycles. The van der Waals surface area contributed by atoms with Crippen LogP contribution in [0.1, 0.15) is 12.5 Å². The Hall–Kier alpha value is -4.06. The summed E-state index contributed by atoms with van der Waals surface area (Å²) in [5.74, 6) is 1.01. The third-order valence-electron chi connectivity index (χ3n) is 5.03. The molecule has 0 unspecified atom stereocenters. The van der Waals surface area contributed by atoms with Gasteiger partial charge in [-0.15, -0.1) is 0 Å². The average Bonchev–Trinajstić information content (AvgIpc) is 3.23. The Kier molecular flexibility index (Phi) is 6.41. The molecule has 0 spiro atoms. The topological polar surface area (TPSA) is 138 Å². The first-order chi connectivity index (χ1) is 16.4. The summed E-state index contributed by atoms with van der Waals surface area (Å²) in [5.41, 5.74) is 1.85. The quantitative estimate of drug-likeness (QED) is 0.360. The highest BCUT2D eigenvalue weighted by Crippen LogP contribution is 2.38. The van der Waals surface area contributed by atoms with Crippen molar-refractivity contribution in [3.8, 4) is 17.2 Å². The molecule has 0 bridgehead atoms. The second kappa shape index (κ2) is 9.43. The molecule has 0 atom stereocenters. The number of rotatable bonds is 9. The van der Waals surface area contributed by atoms with E-state index in [9.17, 15) is 8.42 Å². The van der Waals surface area contributed by atoms with Gasteiger partial charge >= 0.3 is 0 Å². The predicted octanol–water partition coefficient (Wildman–Crippen LogP) is 3.75. The number of fused-ring (bicyclic) bond motifs is 1. The van der Waals surface area contributed by atoms with Crippen molar-refractivity contribution in [1.29, 1.82) is 0 Å². The van der Waals surface area contributed by atoms with Crippen molar-refractivity contribution in [1.82, 2.24) is 15.1 Å². The molecule has 0 aliphatic rings. The third-order valence-corrected chi connectivity index (χ3v) is 6.44. The molecule has 0 fully saturated rings. The van der Waals surface area contributed by atoms with E-state index >= 15 is 0 Å². The molecule has 178 valence electrons. The van der Waals surface area contributed by atoms with E-state index in [0.29, 0.717) is 28.4 Å². The van der Waals surface area contributed by atoms with Gasteiger partial charge in [0.2, 0.25) is 5.95 Å². The normalized spacial score (nSPS) is 11.3. The van der Waals surface area contributed by atoms with E-state index < -0.39 is 10.0 Å². The highest BCUT2D eigenvalue weighted by molar-refractivity contribution is 7.93. The largest absolute Gasteiger partial charge is 0.495 e. The number of hydrogen-bond donors (Lipinski definition) is 2. The molecule has 0 saturated heterocycles. The van der Waals surface area contributed by atoms with Crippen LogP contribution in [0.2, 0.25) is 0 Å². The van der Waals surface area contributed by atoms with E-state index in [1.807, 2.05) is 6.92 Å². The van der Waals surface area contributed by atoms with E-state index in [1.165, 1.54) is 33.5 Å². The summed E-state index contributed by atoms with van der Waals surface area (Å²) in [6.07, 6.45) is 4.29. The number of sulfonamides is 1. The molecule has 0 aliphatic carbocycles. The number of ether oxygens (including phenoxy) is 3. The van der Waals surface area contributed by atoms with Gasteiger partial charge < -0.3 is 24.1 Å². The zero-order valence-electron chi connectivity index (χ0n) is 18.9. The fourth-order valence-corrected chi connectivity index (χ4v) is 4.62. The molecule has 12 heteroatoms. The lowest BCUT2D eigenvalue weighted by Gasteiger charge is -2.14. The Morgan fingerprint density at radius 1 is 0.971 bits per heavy atom. The zero-order chi connectivity index (χ0) is 24.3. The summed E-state index contributed by atoms with van der Waals surface area (Å²) in [5, 5.41) is 7.37. The molecule has 2 aromatic heterocycles. The summed E-state index contributed by atoms with van der Waals surface area (Å²) >= 11 is 0. The van der Waals surface area contributed by atoms with Crippen LogP contribution in [0.5, 0.6) is 17.2 Å². The Balaban J connectivity index is 1.70. The Morgan fingerprint density at radius 2 is 1.62 bits per heavy atom. The minimum absolute atomic E-state index is 0.0173. The standard InChI is InChI=1S/C22H23N5O6S/c1-5-13-11-23-22(24-12-13)25-15-10-18-14(9-19(15)32-4)21(26-33-18)27-34(28,29)20-16(30-2)7-6-8-17(20)31-3/h6-12H,5H2,1-4H3,(H,26,27)(H,23,24,25). The van der Waals surface area contributed by atoms with Crippen LogP contribution in [-0.4, -0.2) is 44.9 Å². The lowest BCUT2D eigenvalue weighted by atomic mass is 10.2. The average molecular weight is 486 g/mol. The molecule has 0 amide bonds. The number of anilines is 3. The fourth-order valence-electron chi connectivity index (χ4n) is 3.29. The minimum Gasteiger partial charge on any atom is -0.495 e. The zero-order valence-corrected chi connectivity index (χ0v) is 19.8. The minimum atomic E-state index is -4.14. The van der Waals surface area contributed by atoms with Crippen molar-refractivity contribution >= 4 is 38.4 Å². The van der Waals surface area contributed by atoms with Crippen molar-refractivity contribution in [3.05, 3.63) is 48.3 Å². The smallest absolute Gasteiger partial charge is 0.270 e. The van der Waals surface area contributed by atoms with E-state index in [1.54, 1.807) is 30.6 Å². The first-order valence-corrected chi connectivity index (χ1v) is 11.7. The Labute approximate surface area is 196 Å². The lowest BCUT2D eigenvalue weighted by molar-refractivity contribution is 0.373. The van der Waals surface area contributed by atoms with Gasteiger partial charge in [0, 0.05) is 18.5 Å². The van der Waals surface area contributed by atoms with Gasteiger partial charge in [-0.3, -0.25) is 4.72 Å². The van der Waals surface area contributed by atoms with Crippen LogP contribution in [0.4, 0.5) is 17.5 Å². The van der Waals surface area contributed by atoms with Crippen LogP contribution < -0.4 is 24.2 Å². The number of nitrogens with one attached hydrogen (secondary N) is 2. The molecule has 2 N–H and O–H groups in total. The SMILES string of the molecule is CCc1cnc(Nc2cc3onc(NS(=O)(=O)c4c(OC)cccc4OC)c3cc2OC)nc1. The molecular weight excluding hydrogens is 462 g/mol. The van der Waals surface area contributed by atoms with Gasteiger partial charge in [-0.05, 0) is 30.2 Å². The Bertz CT molecular complexity index is 1400. The highest BCUT2D eigenvalue weighted by atomic mass is 32.2. The van der Waals surface area contributed by atoms with Gasteiger partial charge in [0.1, 0.15) is 17.2 Å². The molecule has 34 heavy (non-hydrogen) atoms. The maximum absolute atomic E-state index is 13.2. The summed E-state index contributed by atoms with van der Waals surface area (Å²) in [4.78, 5) is 8.40. The van der Waals surface area contributed by atoms with E-state index in [-0.39, 0.29) is 22.2 Å². The second-order valence-corrected chi connectivity index (χ2v) is 8.69. The van der Waals surface area contributed by atoms with Crippen molar-refractivity contribution in [2.45, 2.75) is 18.2 Å². The predicted molar refractivity (Wildman–Crippen MR) is 126 cm³/mol. The molecule has 2 aromatic carbocycles. The molecule has 2 heterocycles. The molecule has 0 saturated carbocycles. The number of aromatic nitrogens is 3. The van der Waals surface area contributed by atoms with Gasteiger partial charge in [0.25, 0.3) is 10.0 Å². The van der Waals surface area contributed by atoms with Crippen LogP contribution in [-0.2, 0) is 16.4 Å². The van der Waals surface area contributed by atoms with Gasteiger partial charge in [-0.25, -0.2) is 18.4 Å². The van der Waals surface area contributed by atoms with Crippen molar-refractivity contribution in [2.24, 2.45) is 0 Å². The second-order valence-electron chi connectivity index (χ2n) is 7.07. The maximum atomic E-state index is 13.2. The van der Waals surface area contributed by atoms with Crippen LogP contribution in [0.25, 0.3) is 11.0 Å². The van der Waals surface area contributed by atoms with Gasteiger partial charge in [-0.1, -0.05) is 18.1 Å². The number of methoxy groups -OCH3 is 3. The highest BCUT2D eigenvalue weighted by Gasteiger charge is 2.27. The van der Waals surface area contributed by atoms with Crippen molar-refractivity contribution in [2.75, 3.05) is 31.4 Å². The molecule has 0 radical (unpaired) electrons. The first kappa shape index (κ1) is 23.1. The van der Waals surface area contributed by atoms with E-state index in [2.05, 4.69) is 25.2 Å². The van der Waals surface area contributed by atoms with Gasteiger partial charge in [0.05, 0.1) is 32.4 Å². The van der Waals surface area contributed by atoms with Gasteiger partial charge in [0.15, 0.2) is 16.3 Å². The van der Waals surface area contributed by atoms with Crippen molar-refractivity contribution in [3.63, 3.8) is 0 Å². The van der Waals surface area contributed by atoms with Crippen LogP contribution in [0.15, 0.2) is 52.1 Å². The van der Waals surface area contributed by atoms with Gasteiger partial charge in [-0.2, -0.15) is 0 Å². The number of benzene rings is 2. The molecule has 4 aromatic rings.